The number of amides is 6. The Morgan fingerprint density at radius 1 is 0.839 bits per heavy atom. The summed E-state index contributed by atoms with van der Waals surface area (Å²) in [5.74, 6) is -4.36. The van der Waals surface area contributed by atoms with Gasteiger partial charge < -0.3 is 30.6 Å². The predicted octanol–water partition coefficient (Wildman–Crippen LogP) is 2.52. The van der Waals surface area contributed by atoms with E-state index in [1.54, 1.807) is 11.8 Å². The minimum Gasteiger partial charge on any atom is -0.342 e. The van der Waals surface area contributed by atoms with Crippen LogP contribution in [0.4, 0.5) is 0 Å². The average Bonchev–Trinajstić information content (AvgIpc) is 3.91. The number of fused-ring (bicyclic) bond motifs is 2. The van der Waals surface area contributed by atoms with Gasteiger partial charge in [0.2, 0.25) is 23.6 Å². The van der Waals surface area contributed by atoms with Gasteiger partial charge in [-0.15, -0.1) is 0 Å². The molecule has 0 saturated carbocycles. The van der Waals surface area contributed by atoms with E-state index in [2.05, 4.69) is 20.6 Å². The molecule has 14 nitrogen and oxygen atoms in total. The topological polar surface area (TPSA) is 173 Å². The first-order chi connectivity index (χ1) is 27.9. The molecule has 2 aromatic carbocycles. The SMILES string of the molecule is [2H]C1CCCCN1C(=O)C1(C(=O)N2CCCCC2)N=CC(C[C@@H]2NC(=O)[C@H]([C@@H](C)CC)N([2H])C(=O)[C@@H](Cc3ccc4ccccc4c3)NC(=O)[C@@H]3CCCN3C2=O)=N1. The molecule has 6 amide bonds. The maximum atomic E-state index is 14.6. The van der Waals surface area contributed by atoms with Crippen LogP contribution in [0.15, 0.2) is 52.4 Å². The van der Waals surface area contributed by atoms with Crippen LogP contribution in [0, 0.1) is 5.92 Å². The van der Waals surface area contributed by atoms with Gasteiger partial charge in [0.15, 0.2) is 1.41 Å². The van der Waals surface area contributed by atoms with E-state index in [0.29, 0.717) is 57.0 Å². The quantitative estimate of drug-likeness (QED) is 0.349. The zero-order chi connectivity index (χ0) is 41.1. The zero-order valence-corrected chi connectivity index (χ0v) is 32.3. The van der Waals surface area contributed by atoms with Crippen LogP contribution >= 0.6 is 0 Å². The monoisotopic (exact) mass is 768 g/mol. The van der Waals surface area contributed by atoms with E-state index >= 15 is 0 Å². The molecule has 2 unspecified atom stereocenters. The van der Waals surface area contributed by atoms with Crippen molar-refractivity contribution in [2.24, 2.45) is 15.9 Å². The lowest BCUT2D eigenvalue weighted by Gasteiger charge is -2.36. The van der Waals surface area contributed by atoms with Crippen molar-refractivity contribution >= 4 is 58.1 Å². The van der Waals surface area contributed by atoms with E-state index in [0.717, 1.165) is 42.0 Å². The molecule has 7 atom stereocenters. The van der Waals surface area contributed by atoms with Gasteiger partial charge in [0.05, 0.1) is 5.71 Å². The van der Waals surface area contributed by atoms with Crippen LogP contribution < -0.4 is 15.9 Å². The third-order valence-electron chi connectivity index (χ3n) is 11.9. The van der Waals surface area contributed by atoms with E-state index in [-0.39, 0.29) is 25.1 Å². The molecule has 2 aromatic rings. The zero-order valence-electron chi connectivity index (χ0n) is 34.3. The van der Waals surface area contributed by atoms with Gasteiger partial charge in [0.25, 0.3) is 11.8 Å². The fourth-order valence-electron chi connectivity index (χ4n) is 8.43. The van der Waals surface area contributed by atoms with Crippen molar-refractivity contribution in [2.45, 2.75) is 114 Å². The molecule has 4 saturated heterocycles. The number of hydrogen-bond acceptors (Lipinski definition) is 8. The van der Waals surface area contributed by atoms with E-state index in [4.69, 9.17) is 2.78 Å². The van der Waals surface area contributed by atoms with E-state index in [9.17, 15) is 28.8 Å². The second-order valence-electron chi connectivity index (χ2n) is 15.8. The van der Waals surface area contributed by atoms with E-state index < -0.39 is 77.7 Å². The lowest BCUT2D eigenvalue weighted by Crippen LogP contribution is -2.62. The number of carbonyl (C=O) groups is 6. The van der Waals surface area contributed by atoms with Crippen molar-refractivity contribution in [2.75, 3.05) is 32.7 Å². The summed E-state index contributed by atoms with van der Waals surface area (Å²) in [6, 6.07) is 8.71. The largest absolute Gasteiger partial charge is 0.342 e. The van der Waals surface area contributed by atoms with E-state index in [1.165, 1.54) is 16.0 Å². The highest BCUT2D eigenvalue weighted by Crippen LogP contribution is 2.29. The number of benzene rings is 2. The first-order valence-electron chi connectivity index (χ1n) is 21.3. The summed E-state index contributed by atoms with van der Waals surface area (Å²) in [5.41, 5.74) is -1.31. The highest BCUT2D eigenvalue weighted by Gasteiger charge is 2.53. The molecule has 0 spiro atoms. The fourth-order valence-corrected chi connectivity index (χ4v) is 8.43. The molecule has 0 bridgehead atoms. The fraction of sp³-hybridized carbons (Fsp3) is 0.571. The highest BCUT2D eigenvalue weighted by atomic mass is 16.2. The Bertz CT molecular complexity index is 2010. The average molecular weight is 769 g/mol. The lowest BCUT2D eigenvalue weighted by atomic mass is 9.95. The van der Waals surface area contributed by atoms with Crippen LogP contribution in [0.25, 0.3) is 10.8 Å². The number of likely N-dealkylation sites (tertiary alicyclic amines) is 2. The molecule has 3 N–H and O–H groups in total. The molecule has 4 fully saturated rings. The smallest absolute Gasteiger partial charge is 0.309 e. The van der Waals surface area contributed by atoms with E-state index in [1.807, 2.05) is 49.4 Å². The van der Waals surface area contributed by atoms with Crippen LogP contribution in [0.5, 0.6) is 0 Å². The predicted molar refractivity (Wildman–Crippen MR) is 212 cm³/mol. The summed E-state index contributed by atoms with van der Waals surface area (Å²) < 4.78 is 17.7. The minimum absolute atomic E-state index is 0.0666. The number of hydrogen-bond donors (Lipinski definition) is 3. The minimum atomic E-state index is -2.19. The van der Waals surface area contributed by atoms with Gasteiger partial charge in [-0.05, 0) is 73.6 Å². The Morgan fingerprint density at radius 2 is 1.54 bits per heavy atom. The summed E-state index contributed by atoms with van der Waals surface area (Å²) in [4.78, 5) is 99.5. The summed E-state index contributed by atoms with van der Waals surface area (Å²) in [5, 5.41) is 8.28. The maximum Gasteiger partial charge on any atom is 0.309 e. The van der Waals surface area contributed by atoms with Crippen molar-refractivity contribution in [1.29, 1.82) is 0 Å². The number of nitrogens with one attached hydrogen (secondary N) is 3. The second kappa shape index (κ2) is 16.9. The van der Waals surface area contributed by atoms with Crippen LogP contribution in [0.2, 0.25) is 1.41 Å². The third-order valence-corrected chi connectivity index (χ3v) is 11.9. The third kappa shape index (κ3) is 8.06. The summed E-state index contributed by atoms with van der Waals surface area (Å²) in [7, 11) is 0. The van der Waals surface area contributed by atoms with Crippen LogP contribution in [0.1, 0.15) is 85.0 Å². The molecule has 0 aromatic heterocycles. The second-order valence-corrected chi connectivity index (χ2v) is 15.8. The van der Waals surface area contributed by atoms with Crippen molar-refractivity contribution in [3.8, 4) is 0 Å². The van der Waals surface area contributed by atoms with Gasteiger partial charge >= 0.3 is 5.66 Å². The summed E-state index contributed by atoms with van der Waals surface area (Å²) in [6.07, 6.45) is 6.76. The molecule has 5 aliphatic heterocycles. The van der Waals surface area contributed by atoms with Crippen molar-refractivity contribution in [3.63, 3.8) is 0 Å². The molecule has 14 heteroatoms. The Morgan fingerprint density at radius 3 is 2.29 bits per heavy atom. The van der Waals surface area contributed by atoms with Crippen LogP contribution in [-0.4, -0.2) is 125 Å². The van der Waals surface area contributed by atoms with Gasteiger partial charge in [-0.1, -0.05) is 62.7 Å². The Balaban J connectivity index is 1.21. The van der Waals surface area contributed by atoms with Gasteiger partial charge in [-0.3, -0.25) is 28.8 Å². The molecule has 0 radical (unpaired) electrons. The summed E-state index contributed by atoms with van der Waals surface area (Å²) in [6.45, 7) is 4.12. The maximum absolute atomic E-state index is 14.6. The molecule has 298 valence electrons. The highest BCUT2D eigenvalue weighted by molar-refractivity contribution is 6.36. The number of rotatable bonds is 8. The number of piperidine rings is 2. The number of carbonyl (C=O) groups excluding carboxylic acids is 6. The molecule has 0 aliphatic carbocycles. The first-order valence-corrected chi connectivity index (χ1v) is 20.3. The number of aliphatic imine (C=N–C) groups is 2. The normalized spacial score (nSPS) is 30.1. The summed E-state index contributed by atoms with van der Waals surface area (Å²) >= 11 is 0. The van der Waals surface area contributed by atoms with Crippen LogP contribution in [0.3, 0.4) is 0 Å². The van der Waals surface area contributed by atoms with Crippen LogP contribution in [-0.2, 0) is 35.2 Å². The standard InChI is InChI=1S/C42H54N8O6/c1-3-27(2)35-38(53)45-33(25-31-26-43-42(47-31,40(55)48-18-8-4-9-19-48)41(56)49-20-10-5-11-21-49)39(54)50-22-12-15-34(50)37(52)44-32(36(51)46-35)24-28-16-17-29-13-6-7-14-30(29)23-28/h6-7,13-14,16-17,23,26-27,32-35H,3-5,8-12,15,18-22,24-25H2,1-2H3,(H,44,52)(H,45,53)(H,46,51)/t27-,32+,33-,34-,35-/m0/s1/i18D/hD/t18?,27-,32+,33-,34-,35-,42?. The molecule has 5 heterocycles. The van der Waals surface area contributed by atoms with Gasteiger partial charge in [-0.25, -0.2) is 9.98 Å². The molecular weight excluding hydrogens is 713 g/mol. The van der Waals surface area contributed by atoms with Crippen molar-refractivity contribution < 1.29 is 31.5 Å². The van der Waals surface area contributed by atoms with Gasteiger partial charge in [0.1, 0.15) is 24.2 Å². The van der Waals surface area contributed by atoms with Crippen molar-refractivity contribution in [1.82, 2.24) is 30.6 Å². The molecule has 7 rings (SSSR count). The molecule has 5 aliphatic rings. The molecular formula is C42H54N8O6. The first kappa shape index (κ1) is 36.5. The van der Waals surface area contributed by atoms with Gasteiger partial charge in [0, 0.05) is 53.1 Å². The Kier molecular flexibility index (Phi) is 11.0. The van der Waals surface area contributed by atoms with Crippen molar-refractivity contribution in [3.05, 3.63) is 48.0 Å². The van der Waals surface area contributed by atoms with Gasteiger partial charge in [-0.2, -0.15) is 0 Å². The Hall–Kier alpha value is -5.14. The number of nitrogens with zero attached hydrogens (tertiary/aromatic N) is 5. The lowest BCUT2D eigenvalue weighted by molar-refractivity contribution is -0.149. The molecule has 56 heavy (non-hydrogen) atoms. The Labute approximate surface area is 330 Å².